The van der Waals surface area contributed by atoms with Crippen molar-refractivity contribution < 1.29 is 9.90 Å². The average Bonchev–Trinajstić information content (AvgIpc) is 1.80. The van der Waals surface area contributed by atoms with Crippen LogP contribution in [0.4, 0.5) is 0 Å². The first-order valence-corrected chi connectivity index (χ1v) is 3.72. The number of rotatable bonds is 3. The fraction of sp³-hybridized carbons (Fsp3) is 0.667. The maximum atomic E-state index is 10.5. The van der Waals surface area contributed by atoms with E-state index in [-0.39, 0.29) is 5.41 Å². The second kappa shape index (κ2) is 3.56. The van der Waals surface area contributed by atoms with Crippen LogP contribution in [0.2, 0.25) is 0 Å². The Hall–Kier alpha value is -0.790. The molecule has 0 fully saturated rings. The molecule has 0 aliphatic heterocycles. The Kier molecular flexibility index (Phi) is 3.30. The number of hydrogen-bond acceptors (Lipinski definition) is 1. The van der Waals surface area contributed by atoms with Gasteiger partial charge in [0.25, 0.3) is 0 Å². The van der Waals surface area contributed by atoms with Crippen molar-refractivity contribution in [1.82, 2.24) is 0 Å². The molecule has 1 N–H and O–H groups in total. The highest BCUT2D eigenvalue weighted by Gasteiger charge is 2.21. The Labute approximate surface area is 67.9 Å². The van der Waals surface area contributed by atoms with Gasteiger partial charge in [0.2, 0.25) is 0 Å². The third-order valence-corrected chi connectivity index (χ3v) is 1.43. The van der Waals surface area contributed by atoms with Crippen LogP contribution < -0.4 is 0 Å². The predicted molar refractivity (Wildman–Crippen MR) is 45.4 cm³/mol. The Morgan fingerprint density at radius 3 is 2.18 bits per heavy atom. The minimum absolute atomic E-state index is 0.0528. The highest BCUT2D eigenvalue weighted by Crippen LogP contribution is 2.24. The quantitative estimate of drug-likeness (QED) is 0.636. The van der Waals surface area contributed by atoms with E-state index in [1.165, 1.54) is 6.08 Å². The summed E-state index contributed by atoms with van der Waals surface area (Å²) in [6, 6.07) is 0. The van der Waals surface area contributed by atoms with Crippen molar-refractivity contribution in [3.05, 3.63) is 12.7 Å². The van der Waals surface area contributed by atoms with Gasteiger partial charge in [-0.05, 0) is 11.8 Å². The lowest BCUT2D eigenvalue weighted by Gasteiger charge is -2.20. The Morgan fingerprint density at radius 2 is 2.09 bits per heavy atom. The molecule has 0 aromatic heterocycles. The van der Waals surface area contributed by atoms with Gasteiger partial charge >= 0.3 is 5.97 Å². The summed E-state index contributed by atoms with van der Waals surface area (Å²) >= 11 is 0. The first-order chi connectivity index (χ1) is 4.87. The van der Waals surface area contributed by atoms with Gasteiger partial charge in [-0.2, -0.15) is 0 Å². The zero-order valence-corrected chi connectivity index (χ0v) is 7.42. The molecule has 11 heavy (non-hydrogen) atoms. The lowest BCUT2D eigenvalue weighted by molar-refractivity contribution is -0.140. The van der Waals surface area contributed by atoms with E-state index in [1.54, 1.807) is 0 Å². The van der Waals surface area contributed by atoms with Gasteiger partial charge in [0.1, 0.15) is 0 Å². The zero-order valence-electron chi connectivity index (χ0n) is 7.42. The minimum Gasteiger partial charge on any atom is -0.481 e. The first kappa shape index (κ1) is 10.2. The SMILES string of the molecule is C=C[C@H](CC(C)(C)C)C(=O)O. The maximum absolute atomic E-state index is 10.5. The van der Waals surface area contributed by atoms with Gasteiger partial charge in [-0.15, -0.1) is 6.58 Å². The predicted octanol–water partition coefficient (Wildman–Crippen LogP) is 2.31. The molecule has 0 unspecified atom stereocenters. The summed E-state index contributed by atoms with van der Waals surface area (Å²) in [5, 5.41) is 8.67. The van der Waals surface area contributed by atoms with E-state index in [0.29, 0.717) is 6.42 Å². The van der Waals surface area contributed by atoms with E-state index in [2.05, 4.69) is 6.58 Å². The molecule has 1 atom stereocenters. The molecular formula is C9H16O2. The topological polar surface area (TPSA) is 37.3 Å². The maximum Gasteiger partial charge on any atom is 0.310 e. The monoisotopic (exact) mass is 156 g/mol. The van der Waals surface area contributed by atoms with Crippen molar-refractivity contribution in [1.29, 1.82) is 0 Å². The molecule has 0 saturated heterocycles. The van der Waals surface area contributed by atoms with Crippen LogP contribution in [-0.2, 0) is 4.79 Å². The van der Waals surface area contributed by atoms with Crippen LogP contribution in [-0.4, -0.2) is 11.1 Å². The van der Waals surface area contributed by atoms with Crippen LogP contribution in [0.15, 0.2) is 12.7 Å². The molecule has 0 aromatic carbocycles. The first-order valence-electron chi connectivity index (χ1n) is 3.72. The van der Waals surface area contributed by atoms with E-state index in [4.69, 9.17) is 5.11 Å². The Morgan fingerprint density at radius 1 is 1.64 bits per heavy atom. The molecule has 0 aliphatic rings. The van der Waals surface area contributed by atoms with Gasteiger partial charge in [-0.3, -0.25) is 4.79 Å². The molecule has 0 aliphatic carbocycles. The van der Waals surface area contributed by atoms with Gasteiger partial charge in [0.15, 0.2) is 0 Å². The lowest BCUT2D eigenvalue weighted by atomic mass is 9.85. The number of aliphatic carboxylic acids is 1. The Bertz CT molecular complexity index is 153. The van der Waals surface area contributed by atoms with Crippen molar-refractivity contribution in [2.24, 2.45) is 11.3 Å². The molecule has 2 heteroatoms. The fourth-order valence-electron chi connectivity index (χ4n) is 0.931. The number of carboxylic acid groups (broad SMARTS) is 1. The summed E-state index contributed by atoms with van der Waals surface area (Å²) in [6.07, 6.45) is 2.14. The smallest absolute Gasteiger partial charge is 0.310 e. The molecule has 0 bridgehead atoms. The highest BCUT2D eigenvalue weighted by atomic mass is 16.4. The third-order valence-electron chi connectivity index (χ3n) is 1.43. The van der Waals surface area contributed by atoms with Gasteiger partial charge in [0, 0.05) is 0 Å². The second-order valence-corrected chi connectivity index (χ2v) is 3.95. The zero-order chi connectivity index (χ0) is 9.07. The normalized spacial score (nSPS) is 14.1. The van der Waals surface area contributed by atoms with Crippen LogP contribution in [0.25, 0.3) is 0 Å². The molecular weight excluding hydrogens is 140 g/mol. The molecule has 2 nitrogen and oxygen atoms in total. The summed E-state index contributed by atoms with van der Waals surface area (Å²) in [4.78, 5) is 10.5. The molecule has 0 amide bonds. The van der Waals surface area contributed by atoms with Crippen molar-refractivity contribution in [2.75, 3.05) is 0 Å². The van der Waals surface area contributed by atoms with Crippen LogP contribution in [0.3, 0.4) is 0 Å². The van der Waals surface area contributed by atoms with Gasteiger partial charge in [0.05, 0.1) is 5.92 Å². The highest BCUT2D eigenvalue weighted by molar-refractivity contribution is 5.71. The van der Waals surface area contributed by atoms with Crippen molar-refractivity contribution in [3.63, 3.8) is 0 Å². The summed E-state index contributed by atoms with van der Waals surface area (Å²) in [5.74, 6) is -1.19. The van der Waals surface area contributed by atoms with Crippen molar-refractivity contribution >= 4 is 5.97 Å². The lowest BCUT2D eigenvalue weighted by Crippen LogP contribution is -2.18. The summed E-state index contributed by atoms with van der Waals surface area (Å²) in [5.41, 5.74) is 0.0528. The summed E-state index contributed by atoms with van der Waals surface area (Å²) in [7, 11) is 0. The van der Waals surface area contributed by atoms with Gasteiger partial charge in [-0.1, -0.05) is 26.8 Å². The van der Waals surface area contributed by atoms with Crippen LogP contribution in [0.1, 0.15) is 27.2 Å². The van der Waals surface area contributed by atoms with E-state index >= 15 is 0 Å². The van der Waals surface area contributed by atoms with E-state index < -0.39 is 11.9 Å². The number of carbonyl (C=O) groups is 1. The van der Waals surface area contributed by atoms with Crippen LogP contribution in [0, 0.1) is 11.3 Å². The molecule has 64 valence electrons. The van der Waals surface area contributed by atoms with Gasteiger partial charge < -0.3 is 5.11 Å². The number of carboxylic acids is 1. The fourth-order valence-corrected chi connectivity index (χ4v) is 0.931. The van der Waals surface area contributed by atoms with E-state index in [1.807, 2.05) is 20.8 Å². The van der Waals surface area contributed by atoms with E-state index in [9.17, 15) is 4.79 Å². The molecule has 0 saturated carbocycles. The van der Waals surface area contributed by atoms with Crippen molar-refractivity contribution in [2.45, 2.75) is 27.2 Å². The van der Waals surface area contributed by atoms with E-state index in [0.717, 1.165) is 0 Å². The largest absolute Gasteiger partial charge is 0.481 e. The summed E-state index contributed by atoms with van der Waals surface area (Å²) in [6.45, 7) is 9.55. The number of hydrogen-bond donors (Lipinski definition) is 1. The van der Waals surface area contributed by atoms with Crippen LogP contribution >= 0.6 is 0 Å². The standard InChI is InChI=1S/C9H16O2/c1-5-7(8(10)11)6-9(2,3)4/h5,7H,1,6H2,2-4H3,(H,10,11)/t7-/m1/s1. The van der Waals surface area contributed by atoms with Gasteiger partial charge in [-0.25, -0.2) is 0 Å². The molecule has 0 spiro atoms. The average molecular weight is 156 g/mol. The molecule has 0 rings (SSSR count). The van der Waals surface area contributed by atoms with Crippen molar-refractivity contribution in [3.8, 4) is 0 Å². The molecule has 0 aromatic rings. The third kappa shape index (κ3) is 4.59. The minimum atomic E-state index is -0.782. The molecule has 0 heterocycles. The molecule has 0 radical (unpaired) electrons. The Balaban J connectivity index is 4.10. The second-order valence-electron chi connectivity index (χ2n) is 3.95. The van der Waals surface area contributed by atoms with Crippen LogP contribution in [0.5, 0.6) is 0 Å². The summed E-state index contributed by atoms with van der Waals surface area (Å²) < 4.78 is 0.